The fourth-order valence-corrected chi connectivity index (χ4v) is 4.86. The molecule has 1 aliphatic heterocycles. The summed E-state index contributed by atoms with van der Waals surface area (Å²) >= 11 is 0. The van der Waals surface area contributed by atoms with Gasteiger partial charge in [0, 0.05) is 11.6 Å². The fraction of sp³-hybridized carbons (Fsp3) is 0.300. The van der Waals surface area contributed by atoms with Crippen LogP contribution in [0, 0.1) is 45.3 Å². The largest absolute Gasteiger partial charge is 0.399 e. The lowest BCUT2D eigenvalue weighted by Crippen LogP contribution is -2.60. The standard InChI is InChI=1S/C20H15N5O/c21-9-13-12-5-1-2-6-14(12)20(19(10-22,11-23)17(13)24)15-7-3-4-8-16(15)25-18(20)26/h3-5,7-8,14H,1-2,6,24H2,(H,25,26)/t14-,20-/m0/s1. The van der Waals surface area contributed by atoms with Crippen LogP contribution in [0.2, 0.25) is 0 Å². The number of amides is 1. The predicted octanol–water partition coefficient (Wildman–Crippen LogP) is 2.39. The normalized spacial score (nSPS) is 28.1. The zero-order chi connectivity index (χ0) is 18.5. The van der Waals surface area contributed by atoms with E-state index in [-0.39, 0.29) is 11.3 Å². The van der Waals surface area contributed by atoms with Gasteiger partial charge < -0.3 is 11.1 Å². The van der Waals surface area contributed by atoms with Gasteiger partial charge in [-0.2, -0.15) is 15.8 Å². The smallest absolute Gasteiger partial charge is 0.238 e. The van der Waals surface area contributed by atoms with Crippen LogP contribution in [0.4, 0.5) is 5.69 Å². The van der Waals surface area contributed by atoms with Gasteiger partial charge in [0.25, 0.3) is 0 Å². The van der Waals surface area contributed by atoms with Crippen LogP contribution in [0.15, 0.2) is 47.2 Å². The Hall–Kier alpha value is -3.56. The first-order valence-corrected chi connectivity index (χ1v) is 8.42. The molecule has 126 valence electrons. The van der Waals surface area contributed by atoms with Gasteiger partial charge in [-0.3, -0.25) is 4.79 Å². The number of hydrogen-bond donors (Lipinski definition) is 2. The second-order valence-electron chi connectivity index (χ2n) is 6.82. The van der Waals surface area contributed by atoms with Crippen LogP contribution in [0.5, 0.6) is 0 Å². The summed E-state index contributed by atoms with van der Waals surface area (Å²) in [5, 5.41) is 32.7. The molecule has 1 heterocycles. The fourth-order valence-electron chi connectivity index (χ4n) is 4.86. The van der Waals surface area contributed by atoms with Crippen LogP contribution in [0.3, 0.4) is 0 Å². The van der Waals surface area contributed by atoms with Crippen molar-refractivity contribution >= 4 is 11.6 Å². The van der Waals surface area contributed by atoms with E-state index in [2.05, 4.69) is 11.4 Å². The van der Waals surface area contributed by atoms with Crippen LogP contribution in [0.1, 0.15) is 24.8 Å². The first kappa shape index (κ1) is 15.9. The molecule has 2 aliphatic carbocycles. The molecular formula is C20H15N5O. The molecule has 1 spiro atoms. The summed E-state index contributed by atoms with van der Waals surface area (Å²) < 4.78 is 0. The molecule has 4 rings (SSSR count). The molecule has 2 atom stereocenters. The maximum absolute atomic E-state index is 13.3. The minimum Gasteiger partial charge on any atom is -0.399 e. The number of fused-ring (bicyclic) bond motifs is 4. The van der Waals surface area contributed by atoms with Crippen molar-refractivity contribution in [2.75, 3.05) is 5.32 Å². The van der Waals surface area contributed by atoms with Crippen LogP contribution in [-0.2, 0) is 10.2 Å². The van der Waals surface area contributed by atoms with E-state index >= 15 is 0 Å². The van der Waals surface area contributed by atoms with Gasteiger partial charge in [-0.15, -0.1) is 0 Å². The van der Waals surface area contributed by atoms with E-state index in [0.29, 0.717) is 23.2 Å². The number of para-hydroxylation sites is 1. The first-order chi connectivity index (χ1) is 12.6. The van der Waals surface area contributed by atoms with Crippen LogP contribution in [-0.4, -0.2) is 5.91 Å². The quantitative estimate of drug-likeness (QED) is 0.749. The zero-order valence-electron chi connectivity index (χ0n) is 13.9. The van der Waals surface area contributed by atoms with E-state index in [1.807, 2.05) is 18.2 Å². The maximum atomic E-state index is 13.3. The SMILES string of the molecule is N#CC1=C(N)C(C#N)(C#N)[C@@]2(C(=O)Nc3ccccc32)[C@H]2CCCC=C12. The van der Waals surface area contributed by atoms with Gasteiger partial charge >= 0.3 is 0 Å². The second-order valence-corrected chi connectivity index (χ2v) is 6.82. The number of rotatable bonds is 0. The molecule has 26 heavy (non-hydrogen) atoms. The number of nitrogens with two attached hydrogens (primary N) is 1. The number of allylic oxidation sites excluding steroid dienone is 4. The summed E-state index contributed by atoms with van der Waals surface area (Å²) in [6.07, 6.45) is 4.12. The number of nitrogens with zero attached hydrogens (tertiary/aromatic N) is 3. The second kappa shape index (κ2) is 5.22. The van der Waals surface area contributed by atoms with E-state index in [1.165, 1.54) is 0 Å². The lowest BCUT2D eigenvalue weighted by molar-refractivity contribution is -0.125. The van der Waals surface area contributed by atoms with E-state index in [1.54, 1.807) is 24.3 Å². The first-order valence-electron chi connectivity index (χ1n) is 8.42. The lowest BCUT2D eigenvalue weighted by Gasteiger charge is -2.49. The minimum atomic E-state index is -1.94. The third-order valence-electron chi connectivity index (χ3n) is 5.92. The molecule has 0 unspecified atom stereocenters. The summed E-state index contributed by atoms with van der Waals surface area (Å²) in [5.41, 5.74) is 4.79. The highest BCUT2D eigenvalue weighted by Gasteiger charge is 2.70. The molecule has 6 nitrogen and oxygen atoms in total. The van der Waals surface area contributed by atoms with Crippen molar-refractivity contribution < 1.29 is 4.79 Å². The van der Waals surface area contributed by atoms with Gasteiger partial charge in [-0.05, 0) is 36.5 Å². The van der Waals surface area contributed by atoms with E-state index in [4.69, 9.17) is 5.73 Å². The monoisotopic (exact) mass is 341 g/mol. The van der Waals surface area contributed by atoms with Crippen LogP contribution >= 0.6 is 0 Å². The molecule has 0 aromatic heterocycles. The number of nitrogens with one attached hydrogen (secondary N) is 1. The Labute approximate surface area is 150 Å². The Kier molecular flexibility index (Phi) is 3.20. The number of carbonyl (C=O) groups is 1. The van der Waals surface area contributed by atoms with Crippen molar-refractivity contribution in [3.8, 4) is 18.2 Å². The molecule has 0 saturated carbocycles. The number of benzene rings is 1. The van der Waals surface area contributed by atoms with Crippen molar-refractivity contribution in [2.45, 2.75) is 24.7 Å². The molecule has 0 radical (unpaired) electrons. The van der Waals surface area contributed by atoms with Gasteiger partial charge in [0.05, 0.1) is 23.4 Å². The van der Waals surface area contributed by atoms with Crippen molar-refractivity contribution in [2.24, 2.45) is 17.1 Å². The molecule has 1 aromatic rings. The third kappa shape index (κ3) is 1.51. The highest BCUT2D eigenvalue weighted by atomic mass is 16.2. The topological polar surface area (TPSA) is 126 Å². The van der Waals surface area contributed by atoms with E-state index in [0.717, 1.165) is 12.8 Å². The highest BCUT2D eigenvalue weighted by molar-refractivity contribution is 6.09. The summed E-state index contributed by atoms with van der Waals surface area (Å²) in [6.45, 7) is 0. The summed E-state index contributed by atoms with van der Waals surface area (Å²) in [6, 6.07) is 13.2. The van der Waals surface area contributed by atoms with Gasteiger partial charge in [-0.25, -0.2) is 0 Å². The third-order valence-corrected chi connectivity index (χ3v) is 5.92. The molecule has 3 N–H and O–H groups in total. The Bertz CT molecular complexity index is 1020. The molecule has 0 bridgehead atoms. The highest BCUT2D eigenvalue weighted by Crippen LogP contribution is 2.63. The summed E-state index contributed by atoms with van der Waals surface area (Å²) in [5.74, 6) is -0.847. The summed E-state index contributed by atoms with van der Waals surface area (Å²) in [7, 11) is 0. The average Bonchev–Trinajstić information content (AvgIpc) is 2.97. The Morgan fingerprint density at radius 3 is 2.62 bits per heavy atom. The van der Waals surface area contributed by atoms with Crippen molar-refractivity contribution in [3.63, 3.8) is 0 Å². The van der Waals surface area contributed by atoms with Gasteiger partial charge in [0.1, 0.15) is 11.5 Å². The van der Waals surface area contributed by atoms with Crippen molar-refractivity contribution in [1.82, 2.24) is 0 Å². The Balaban J connectivity index is 2.20. The van der Waals surface area contributed by atoms with Crippen LogP contribution < -0.4 is 11.1 Å². The minimum absolute atomic E-state index is 0.124. The predicted molar refractivity (Wildman–Crippen MR) is 92.7 cm³/mol. The number of anilines is 1. The molecular weight excluding hydrogens is 326 g/mol. The van der Waals surface area contributed by atoms with Crippen molar-refractivity contribution in [3.05, 3.63) is 52.7 Å². The van der Waals surface area contributed by atoms with Crippen LogP contribution in [0.25, 0.3) is 0 Å². The lowest BCUT2D eigenvalue weighted by atomic mass is 9.47. The maximum Gasteiger partial charge on any atom is 0.238 e. The molecule has 0 fully saturated rings. The number of hydrogen-bond acceptors (Lipinski definition) is 5. The average molecular weight is 341 g/mol. The molecule has 0 saturated heterocycles. The van der Waals surface area contributed by atoms with E-state index < -0.39 is 22.7 Å². The Morgan fingerprint density at radius 1 is 1.19 bits per heavy atom. The van der Waals surface area contributed by atoms with Gasteiger partial charge in [0.15, 0.2) is 0 Å². The van der Waals surface area contributed by atoms with Gasteiger partial charge in [-0.1, -0.05) is 24.3 Å². The molecule has 1 amide bonds. The number of carbonyl (C=O) groups excluding carboxylic acids is 1. The zero-order valence-corrected chi connectivity index (χ0v) is 13.9. The molecule has 6 heteroatoms. The van der Waals surface area contributed by atoms with Crippen molar-refractivity contribution in [1.29, 1.82) is 15.8 Å². The summed E-state index contributed by atoms with van der Waals surface area (Å²) in [4.78, 5) is 13.3. The molecule has 1 aromatic carbocycles. The number of nitriles is 3. The van der Waals surface area contributed by atoms with Gasteiger partial charge in [0.2, 0.25) is 11.3 Å². The molecule has 3 aliphatic rings. The Morgan fingerprint density at radius 2 is 1.92 bits per heavy atom. The van der Waals surface area contributed by atoms with E-state index in [9.17, 15) is 20.6 Å².